The summed E-state index contributed by atoms with van der Waals surface area (Å²) in [6.45, 7) is 2.44. The molecule has 26 heavy (non-hydrogen) atoms. The van der Waals surface area contributed by atoms with Gasteiger partial charge in [-0.15, -0.1) is 0 Å². The van der Waals surface area contributed by atoms with Gasteiger partial charge in [-0.2, -0.15) is 0 Å². The second-order valence-electron chi connectivity index (χ2n) is 6.83. The number of β-amino-alcohol motifs (C(OH)–C–C–N with tert-alkyl or cyclic N) is 1. The van der Waals surface area contributed by atoms with Crippen molar-refractivity contribution in [2.24, 2.45) is 0 Å². The Morgan fingerprint density at radius 2 is 1.92 bits per heavy atom. The first-order valence-electron chi connectivity index (χ1n) is 8.50. The average molecular weight is 394 g/mol. The van der Waals surface area contributed by atoms with Gasteiger partial charge in [0, 0.05) is 23.0 Å². The maximum absolute atomic E-state index is 12.6. The molecule has 0 unspecified atom stereocenters. The van der Waals surface area contributed by atoms with E-state index in [9.17, 15) is 9.90 Å². The summed E-state index contributed by atoms with van der Waals surface area (Å²) < 4.78 is 5.92. The fourth-order valence-corrected chi connectivity index (χ4v) is 3.58. The molecule has 1 fully saturated rings. The van der Waals surface area contributed by atoms with Crippen molar-refractivity contribution in [3.63, 3.8) is 0 Å². The van der Waals surface area contributed by atoms with Crippen molar-refractivity contribution in [3.8, 4) is 5.75 Å². The molecule has 0 bridgehead atoms. The summed E-state index contributed by atoms with van der Waals surface area (Å²) in [5.41, 5.74) is -0.288. The predicted octanol–water partition coefficient (Wildman–Crippen LogP) is 3.97. The Bertz CT molecular complexity index is 794. The second kappa shape index (κ2) is 7.87. The summed E-state index contributed by atoms with van der Waals surface area (Å²) >= 11 is 12.0. The Hall–Kier alpha value is -1.75. The molecule has 2 atom stereocenters. The van der Waals surface area contributed by atoms with Crippen LogP contribution in [0.5, 0.6) is 5.75 Å². The topological polar surface area (TPSA) is 49.8 Å². The Labute approximate surface area is 163 Å². The lowest BCUT2D eigenvalue weighted by molar-refractivity contribution is -0.145. The Balaban J connectivity index is 1.63. The molecule has 1 amide bonds. The normalized spacial score (nSPS) is 22.9. The van der Waals surface area contributed by atoms with Crippen LogP contribution in [0.3, 0.4) is 0 Å². The lowest BCUT2D eigenvalue weighted by Gasteiger charge is -2.42. The van der Waals surface area contributed by atoms with Crippen LogP contribution in [-0.2, 0) is 11.2 Å². The first-order chi connectivity index (χ1) is 12.3. The number of piperidine rings is 1. The summed E-state index contributed by atoms with van der Waals surface area (Å²) in [5, 5.41) is 12.0. The lowest BCUT2D eigenvalue weighted by Crippen LogP contribution is -2.58. The maximum Gasteiger partial charge on any atom is 0.227 e. The number of rotatable bonds is 4. The van der Waals surface area contributed by atoms with E-state index in [0.29, 0.717) is 28.8 Å². The summed E-state index contributed by atoms with van der Waals surface area (Å²) in [4.78, 5) is 14.3. The third kappa shape index (κ3) is 4.70. The van der Waals surface area contributed by atoms with Crippen molar-refractivity contribution >= 4 is 29.1 Å². The Morgan fingerprint density at radius 1 is 1.23 bits per heavy atom. The van der Waals surface area contributed by atoms with E-state index in [2.05, 4.69) is 0 Å². The van der Waals surface area contributed by atoms with Crippen LogP contribution in [0.2, 0.25) is 10.0 Å². The number of aliphatic hydroxyl groups is 1. The summed E-state index contributed by atoms with van der Waals surface area (Å²) in [5.74, 6) is 0.579. The van der Waals surface area contributed by atoms with Gasteiger partial charge in [-0.1, -0.05) is 41.4 Å². The predicted molar refractivity (Wildman–Crippen MR) is 103 cm³/mol. The fraction of sp³-hybridized carbons (Fsp3) is 0.350. The number of ether oxygens (including phenoxy) is 1. The number of nitrogens with zero attached hydrogens (tertiary/aromatic N) is 1. The van der Waals surface area contributed by atoms with Gasteiger partial charge in [0.25, 0.3) is 0 Å². The highest BCUT2D eigenvalue weighted by molar-refractivity contribution is 6.30. The van der Waals surface area contributed by atoms with Crippen molar-refractivity contribution < 1.29 is 14.6 Å². The van der Waals surface area contributed by atoms with Crippen molar-refractivity contribution in [2.45, 2.75) is 31.5 Å². The van der Waals surface area contributed by atoms with Crippen molar-refractivity contribution in [3.05, 3.63) is 64.1 Å². The van der Waals surface area contributed by atoms with Crippen LogP contribution >= 0.6 is 23.2 Å². The zero-order chi connectivity index (χ0) is 18.7. The molecule has 0 aromatic heterocycles. The van der Waals surface area contributed by atoms with Gasteiger partial charge in [-0.3, -0.25) is 4.79 Å². The van der Waals surface area contributed by atoms with Crippen LogP contribution < -0.4 is 4.74 Å². The number of hydrogen-bond donors (Lipinski definition) is 1. The molecular formula is C20H21Cl2NO3. The largest absolute Gasteiger partial charge is 0.487 e. The molecule has 1 heterocycles. The molecular weight excluding hydrogens is 373 g/mol. The van der Waals surface area contributed by atoms with Gasteiger partial charge in [0.1, 0.15) is 17.5 Å². The number of carbonyl (C=O) groups is 1. The molecule has 2 aromatic carbocycles. The van der Waals surface area contributed by atoms with Gasteiger partial charge in [-0.05, 0) is 42.8 Å². The van der Waals surface area contributed by atoms with Crippen molar-refractivity contribution in [2.75, 3.05) is 13.1 Å². The molecule has 1 N–H and O–H groups in total. The van der Waals surface area contributed by atoms with Crippen LogP contribution in [0.15, 0.2) is 48.5 Å². The van der Waals surface area contributed by atoms with Gasteiger partial charge in [0.15, 0.2) is 0 Å². The van der Waals surface area contributed by atoms with E-state index < -0.39 is 11.7 Å². The van der Waals surface area contributed by atoms with Crippen LogP contribution in [0, 0.1) is 0 Å². The molecule has 1 aliphatic rings. The second-order valence-corrected chi connectivity index (χ2v) is 7.70. The lowest BCUT2D eigenvalue weighted by atomic mass is 9.91. The molecule has 4 nitrogen and oxygen atoms in total. The third-order valence-electron chi connectivity index (χ3n) is 4.54. The highest BCUT2D eigenvalue weighted by atomic mass is 35.5. The van der Waals surface area contributed by atoms with E-state index in [0.717, 1.165) is 5.56 Å². The maximum atomic E-state index is 12.6. The van der Waals surface area contributed by atoms with Crippen LogP contribution in [-0.4, -0.2) is 40.7 Å². The molecule has 0 radical (unpaired) electrons. The highest BCUT2D eigenvalue weighted by Gasteiger charge is 2.41. The molecule has 0 saturated carbocycles. The van der Waals surface area contributed by atoms with Crippen LogP contribution in [0.1, 0.15) is 18.9 Å². The average Bonchev–Trinajstić information content (AvgIpc) is 2.56. The molecule has 1 saturated heterocycles. The van der Waals surface area contributed by atoms with Crippen molar-refractivity contribution in [1.29, 1.82) is 0 Å². The monoisotopic (exact) mass is 393 g/mol. The highest BCUT2D eigenvalue weighted by Crippen LogP contribution is 2.28. The number of hydrogen-bond acceptors (Lipinski definition) is 3. The van der Waals surface area contributed by atoms with Crippen molar-refractivity contribution in [1.82, 2.24) is 4.90 Å². The standard InChI is InChI=1S/C20H21Cl2NO3/c1-20(25)13-23(19(24)11-14-4-2-5-15(21)10-14)9-8-18(20)26-17-7-3-6-16(22)12-17/h2-7,10,12,18,25H,8-9,11,13H2,1H3/t18-,20-/m0/s1. The van der Waals surface area contributed by atoms with E-state index in [1.807, 2.05) is 12.1 Å². The smallest absolute Gasteiger partial charge is 0.227 e. The molecule has 3 rings (SSSR count). The van der Waals surface area contributed by atoms with E-state index >= 15 is 0 Å². The molecule has 0 aliphatic carbocycles. The minimum absolute atomic E-state index is 0.0336. The van der Waals surface area contributed by atoms with Gasteiger partial charge in [-0.25, -0.2) is 0 Å². The van der Waals surface area contributed by atoms with E-state index in [4.69, 9.17) is 27.9 Å². The first kappa shape index (κ1) is 19.0. The SMILES string of the molecule is C[C@]1(O)CN(C(=O)Cc2cccc(Cl)c2)CC[C@@H]1Oc1cccc(Cl)c1. The summed E-state index contributed by atoms with van der Waals surface area (Å²) in [6, 6.07) is 14.3. The molecule has 0 spiro atoms. The quantitative estimate of drug-likeness (QED) is 0.854. The van der Waals surface area contributed by atoms with Gasteiger partial charge in [0.2, 0.25) is 5.91 Å². The number of carbonyl (C=O) groups excluding carboxylic acids is 1. The number of benzene rings is 2. The molecule has 6 heteroatoms. The minimum atomic E-state index is -1.15. The zero-order valence-corrected chi connectivity index (χ0v) is 16.0. The van der Waals surface area contributed by atoms with Crippen LogP contribution in [0.25, 0.3) is 0 Å². The number of likely N-dealkylation sites (tertiary alicyclic amines) is 1. The zero-order valence-electron chi connectivity index (χ0n) is 14.5. The van der Waals surface area contributed by atoms with E-state index in [1.165, 1.54) is 0 Å². The molecule has 1 aliphatic heterocycles. The third-order valence-corrected chi connectivity index (χ3v) is 5.01. The van der Waals surface area contributed by atoms with Gasteiger partial charge in [0.05, 0.1) is 13.0 Å². The summed E-state index contributed by atoms with van der Waals surface area (Å²) in [7, 11) is 0. The first-order valence-corrected chi connectivity index (χ1v) is 9.26. The van der Waals surface area contributed by atoms with Gasteiger partial charge < -0.3 is 14.7 Å². The van der Waals surface area contributed by atoms with E-state index in [1.54, 1.807) is 48.2 Å². The van der Waals surface area contributed by atoms with Gasteiger partial charge >= 0.3 is 0 Å². The summed E-state index contributed by atoms with van der Waals surface area (Å²) in [6.07, 6.45) is 0.397. The number of halogens is 2. The molecule has 138 valence electrons. The fourth-order valence-electron chi connectivity index (χ4n) is 3.19. The van der Waals surface area contributed by atoms with E-state index in [-0.39, 0.29) is 18.9 Å². The molecule has 2 aromatic rings. The van der Waals surface area contributed by atoms with Crippen LogP contribution in [0.4, 0.5) is 0 Å². The Morgan fingerprint density at radius 3 is 2.58 bits per heavy atom. The Kier molecular flexibility index (Phi) is 5.76. The number of amides is 1. The minimum Gasteiger partial charge on any atom is -0.487 e.